The Hall–Kier alpha value is -1.20. The average Bonchev–Trinajstić information content (AvgIpc) is 2.50. The van der Waals surface area contributed by atoms with Crippen LogP contribution in [-0.2, 0) is 4.79 Å². The molecule has 1 saturated heterocycles. The number of benzene rings is 1. The van der Waals surface area contributed by atoms with Crippen LogP contribution in [0.4, 0.5) is 4.39 Å². The monoisotopic (exact) mass is 244 g/mol. The Kier molecular flexibility index (Phi) is 2.58. The lowest BCUT2D eigenvalue weighted by atomic mass is 10.1. The summed E-state index contributed by atoms with van der Waals surface area (Å²) in [6.07, 6.45) is 0. The normalized spacial score (nSPS) is 20.0. The molecule has 78 valence electrons. The lowest BCUT2D eigenvalue weighted by molar-refractivity contribution is -0.120. The number of hydrogen-bond acceptors (Lipinski definition) is 2. The molecule has 1 aliphatic heterocycles. The summed E-state index contributed by atoms with van der Waals surface area (Å²) in [6.45, 7) is 0. The maximum Gasteiger partial charge on any atom is 0.253 e. The van der Waals surface area contributed by atoms with Crippen LogP contribution in [-0.4, -0.2) is 11.0 Å². The predicted molar refractivity (Wildman–Crippen MR) is 58.0 cm³/mol. The summed E-state index contributed by atoms with van der Waals surface area (Å²) in [4.78, 5) is 11.4. The standard InChI is InChI=1S/C9H6ClFN2OS/c10-5-2-1-4(3-6(5)11)7-8(14)13-9(15)12-7/h1-3,7H,(H2,12,13,14,15). The number of hydrogen-bond donors (Lipinski definition) is 2. The molecule has 1 aromatic rings. The molecule has 0 aromatic heterocycles. The molecular weight excluding hydrogens is 239 g/mol. The van der Waals surface area contributed by atoms with Crippen molar-refractivity contribution in [2.24, 2.45) is 0 Å². The van der Waals surface area contributed by atoms with E-state index in [-0.39, 0.29) is 16.0 Å². The van der Waals surface area contributed by atoms with Gasteiger partial charge in [0, 0.05) is 0 Å². The fraction of sp³-hybridized carbons (Fsp3) is 0.111. The summed E-state index contributed by atoms with van der Waals surface area (Å²) in [5, 5.41) is 5.43. The minimum Gasteiger partial charge on any atom is -0.347 e. The minimum absolute atomic E-state index is 0.0275. The van der Waals surface area contributed by atoms with Gasteiger partial charge in [-0.2, -0.15) is 0 Å². The fourth-order valence-corrected chi connectivity index (χ4v) is 1.68. The number of halogens is 2. The molecule has 0 bridgehead atoms. The Morgan fingerprint density at radius 2 is 2.20 bits per heavy atom. The smallest absolute Gasteiger partial charge is 0.253 e. The third-order valence-electron chi connectivity index (χ3n) is 2.05. The van der Waals surface area contributed by atoms with Crippen molar-refractivity contribution in [1.29, 1.82) is 0 Å². The number of thiocarbonyl (C=S) groups is 1. The van der Waals surface area contributed by atoms with Crippen LogP contribution in [0, 0.1) is 5.82 Å². The van der Waals surface area contributed by atoms with E-state index in [0.717, 1.165) is 0 Å². The van der Waals surface area contributed by atoms with Gasteiger partial charge in [0.2, 0.25) is 0 Å². The van der Waals surface area contributed by atoms with E-state index in [1.165, 1.54) is 12.1 Å². The molecule has 0 aliphatic carbocycles. The second-order valence-electron chi connectivity index (χ2n) is 3.07. The van der Waals surface area contributed by atoms with Crippen molar-refractivity contribution in [2.45, 2.75) is 6.04 Å². The summed E-state index contributed by atoms with van der Waals surface area (Å²) in [6, 6.07) is 3.57. The maximum atomic E-state index is 13.1. The highest BCUT2D eigenvalue weighted by molar-refractivity contribution is 7.80. The Bertz CT molecular complexity index is 452. The van der Waals surface area contributed by atoms with Crippen molar-refractivity contribution >= 4 is 34.8 Å². The summed E-state index contributed by atoms with van der Waals surface area (Å²) in [7, 11) is 0. The van der Waals surface area contributed by atoms with Crippen molar-refractivity contribution in [3.8, 4) is 0 Å². The van der Waals surface area contributed by atoms with E-state index in [4.69, 9.17) is 23.8 Å². The molecule has 0 saturated carbocycles. The minimum atomic E-state index is -0.635. The molecule has 1 amide bonds. The first kappa shape index (κ1) is 10.3. The van der Waals surface area contributed by atoms with Gasteiger partial charge in [-0.05, 0) is 29.9 Å². The van der Waals surface area contributed by atoms with E-state index < -0.39 is 11.9 Å². The van der Waals surface area contributed by atoms with Crippen LogP contribution in [0.1, 0.15) is 11.6 Å². The van der Waals surface area contributed by atoms with E-state index >= 15 is 0 Å². The van der Waals surface area contributed by atoms with Crippen LogP contribution in [0.5, 0.6) is 0 Å². The molecule has 1 aromatic carbocycles. The van der Waals surface area contributed by atoms with Gasteiger partial charge in [0.15, 0.2) is 5.11 Å². The highest BCUT2D eigenvalue weighted by Crippen LogP contribution is 2.22. The number of nitrogens with one attached hydrogen (secondary N) is 2. The van der Waals surface area contributed by atoms with Crippen LogP contribution in [0.3, 0.4) is 0 Å². The lowest BCUT2D eigenvalue weighted by Crippen LogP contribution is -2.21. The zero-order chi connectivity index (χ0) is 11.0. The van der Waals surface area contributed by atoms with E-state index in [9.17, 15) is 9.18 Å². The third-order valence-corrected chi connectivity index (χ3v) is 2.58. The molecule has 0 radical (unpaired) electrons. The van der Waals surface area contributed by atoms with Gasteiger partial charge in [-0.25, -0.2) is 4.39 Å². The van der Waals surface area contributed by atoms with Gasteiger partial charge >= 0.3 is 0 Å². The van der Waals surface area contributed by atoms with Crippen molar-refractivity contribution in [3.63, 3.8) is 0 Å². The molecule has 1 unspecified atom stereocenters. The van der Waals surface area contributed by atoms with Gasteiger partial charge in [-0.15, -0.1) is 0 Å². The first-order valence-corrected chi connectivity index (χ1v) is 4.93. The van der Waals surface area contributed by atoms with Gasteiger partial charge in [0.25, 0.3) is 5.91 Å². The summed E-state index contributed by atoms with van der Waals surface area (Å²) in [5.74, 6) is -0.844. The maximum absolute atomic E-state index is 13.1. The van der Waals surface area contributed by atoms with Gasteiger partial charge in [-0.1, -0.05) is 17.7 Å². The average molecular weight is 245 g/mol. The molecule has 2 rings (SSSR count). The Morgan fingerprint density at radius 1 is 1.47 bits per heavy atom. The highest BCUT2D eigenvalue weighted by Gasteiger charge is 2.28. The molecule has 1 heterocycles. The Balaban J connectivity index is 2.34. The summed E-state index contributed by atoms with van der Waals surface area (Å²) >= 11 is 10.3. The van der Waals surface area contributed by atoms with E-state index in [1.54, 1.807) is 6.07 Å². The molecular formula is C9H6ClFN2OS. The highest BCUT2D eigenvalue weighted by atomic mass is 35.5. The SMILES string of the molecule is O=C1NC(=S)NC1c1ccc(Cl)c(F)c1. The molecule has 1 fully saturated rings. The molecule has 0 spiro atoms. The molecule has 3 nitrogen and oxygen atoms in total. The second kappa shape index (κ2) is 3.75. The largest absolute Gasteiger partial charge is 0.347 e. The van der Waals surface area contributed by atoms with E-state index in [2.05, 4.69) is 10.6 Å². The van der Waals surface area contributed by atoms with Gasteiger partial charge < -0.3 is 10.6 Å². The van der Waals surface area contributed by atoms with Gasteiger partial charge in [0.05, 0.1) is 5.02 Å². The van der Waals surface area contributed by atoms with Crippen molar-refractivity contribution in [2.75, 3.05) is 0 Å². The van der Waals surface area contributed by atoms with E-state index in [1.807, 2.05) is 0 Å². The molecule has 6 heteroatoms. The van der Waals surface area contributed by atoms with Crippen molar-refractivity contribution < 1.29 is 9.18 Å². The number of rotatable bonds is 1. The first-order valence-electron chi connectivity index (χ1n) is 4.14. The van der Waals surface area contributed by atoms with Gasteiger partial charge in [0.1, 0.15) is 11.9 Å². The van der Waals surface area contributed by atoms with Crippen LogP contribution in [0.25, 0.3) is 0 Å². The van der Waals surface area contributed by atoms with Crippen molar-refractivity contribution in [1.82, 2.24) is 10.6 Å². The lowest BCUT2D eigenvalue weighted by Gasteiger charge is -2.08. The Labute approximate surface area is 95.6 Å². The number of amides is 1. The fourth-order valence-electron chi connectivity index (χ4n) is 1.34. The second-order valence-corrected chi connectivity index (χ2v) is 3.88. The van der Waals surface area contributed by atoms with Crippen molar-refractivity contribution in [3.05, 3.63) is 34.6 Å². The zero-order valence-corrected chi connectivity index (χ0v) is 8.95. The first-order chi connectivity index (χ1) is 7.08. The molecule has 1 atom stereocenters. The number of carbonyl (C=O) groups is 1. The van der Waals surface area contributed by atoms with Crippen LogP contribution in [0.2, 0.25) is 5.02 Å². The van der Waals surface area contributed by atoms with Gasteiger partial charge in [-0.3, -0.25) is 4.79 Å². The Morgan fingerprint density at radius 3 is 2.73 bits per heavy atom. The molecule has 2 N–H and O–H groups in total. The van der Waals surface area contributed by atoms with Crippen LogP contribution >= 0.6 is 23.8 Å². The topological polar surface area (TPSA) is 41.1 Å². The number of carbonyl (C=O) groups excluding carboxylic acids is 1. The van der Waals surface area contributed by atoms with E-state index in [0.29, 0.717) is 5.56 Å². The van der Waals surface area contributed by atoms with Crippen LogP contribution < -0.4 is 10.6 Å². The van der Waals surface area contributed by atoms with Crippen LogP contribution in [0.15, 0.2) is 18.2 Å². The zero-order valence-electron chi connectivity index (χ0n) is 7.38. The quantitative estimate of drug-likeness (QED) is 0.736. The summed E-state index contributed by atoms with van der Waals surface area (Å²) in [5.41, 5.74) is 0.495. The molecule has 1 aliphatic rings. The summed E-state index contributed by atoms with van der Waals surface area (Å²) < 4.78 is 13.1. The third kappa shape index (κ3) is 1.93. The molecule has 15 heavy (non-hydrogen) atoms. The predicted octanol–water partition coefficient (Wildman–Crippen LogP) is 1.52.